The van der Waals surface area contributed by atoms with Gasteiger partial charge in [-0.15, -0.1) is 0 Å². The van der Waals surface area contributed by atoms with Crippen LogP contribution in [0.4, 0.5) is 0 Å². The van der Waals surface area contributed by atoms with Crippen molar-refractivity contribution < 1.29 is 42.5 Å². The second kappa shape index (κ2) is 19.4. The van der Waals surface area contributed by atoms with E-state index in [4.69, 9.17) is 0 Å². The molecule has 0 spiro atoms. The molecular weight excluding hydrogens is 427 g/mol. The monoisotopic (exact) mass is 474 g/mol. The fourth-order valence-corrected chi connectivity index (χ4v) is 5.27. The zero-order valence-electron chi connectivity index (χ0n) is 21.5. The van der Waals surface area contributed by atoms with Gasteiger partial charge in [0, 0.05) is 0 Å². The van der Waals surface area contributed by atoms with E-state index < -0.39 is 10.1 Å². The minimum Gasteiger partial charge on any atom is -0.744 e. The molecule has 0 aromatic heterocycles. The molecule has 0 fully saturated rings. The van der Waals surface area contributed by atoms with E-state index in [1.54, 1.807) is 6.07 Å². The molecule has 0 aliphatic heterocycles. The molecule has 0 amide bonds. The molecule has 180 valence electrons. The molecule has 1 aromatic carbocycles. The standard InChI is InChI=1S/C27H48O3S.Na/c1-4-7-10-13-16-19-24-22-23-27(31(28,29)30)26(21-18-15-12-9-6-3)25(24)20-17-14-11-8-5-2;/h22-23H,4-21H2,1-3H3,(H,28,29,30);/q;+1/p-1. The third kappa shape index (κ3) is 13.1. The molecule has 0 N–H and O–H groups in total. The summed E-state index contributed by atoms with van der Waals surface area (Å²) in [6, 6.07) is 3.54. The second-order valence-electron chi connectivity index (χ2n) is 9.13. The van der Waals surface area contributed by atoms with Crippen LogP contribution in [0.15, 0.2) is 17.0 Å². The number of rotatable bonds is 19. The van der Waals surface area contributed by atoms with Crippen LogP contribution in [0.3, 0.4) is 0 Å². The third-order valence-electron chi connectivity index (χ3n) is 6.36. The van der Waals surface area contributed by atoms with Gasteiger partial charge in [0.15, 0.2) is 0 Å². The van der Waals surface area contributed by atoms with Crippen LogP contribution < -0.4 is 29.6 Å². The topological polar surface area (TPSA) is 57.2 Å². The van der Waals surface area contributed by atoms with Crippen molar-refractivity contribution in [2.45, 2.75) is 141 Å². The van der Waals surface area contributed by atoms with Crippen LogP contribution in [0.1, 0.15) is 134 Å². The first-order valence-corrected chi connectivity index (χ1v) is 14.5. The number of hydrogen-bond donors (Lipinski definition) is 0. The summed E-state index contributed by atoms with van der Waals surface area (Å²) < 4.78 is 36.1. The number of hydrogen-bond acceptors (Lipinski definition) is 3. The van der Waals surface area contributed by atoms with E-state index in [1.165, 1.54) is 81.8 Å². The van der Waals surface area contributed by atoms with Gasteiger partial charge in [-0.25, -0.2) is 8.42 Å². The Morgan fingerprint density at radius 2 is 1.00 bits per heavy atom. The van der Waals surface area contributed by atoms with E-state index in [-0.39, 0.29) is 34.5 Å². The van der Waals surface area contributed by atoms with E-state index in [9.17, 15) is 13.0 Å². The van der Waals surface area contributed by atoms with Crippen molar-refractivity contribution in [2.24, 2.45) is 0 Å². The van der Waals surface area contributed by atoms with Crippen LogP contribution in [0.5, 0.6) is 0 Å². The zero-order chi connectivity index (χ0) is 23.0. The van der Waals surface area contributed by atoms with Crippen molar-refractivity contribution in [3.63, 3.8) is 0 Å². The van der Waals surface area contributed by atoms with Crippen LogP contribution in [0.25, 0.3) is 0 Å². The summed E-state index contributed by atoms with van der Waals surface area (Å²) in [7, 11) is -4.44. The van der Waals surface area contributed by atoms with E-state index in [0.717, 1.165) is 44.1 Å². The summed E-state index contributed by atoms with van der Waals surface area (Å²) in [5, 5.41) is 0. The molecular formula is C27H47NaO3S. The Labute approximate surface area is 221 Å². The van der Waals surface area contributed by atoms with Gasteiger partial charge in [0.2, 0.25) is 0 Å². The van der Waals surface area contributed by atoms with Crippen molar-refractivity contribution >= 4 is 10.1 Å². The summed E-state index contributed by atoms with van der Waals surface area (Å²) >= 11 is 0. The fraction of sp³-hybridized carbons (Fsp3) is 0.778. The molecule has 0 saturated heterocycles. The molecule has 0 aliphatic carbocycles. The molecule has 0 radical (unpaired) electrons. The molecule has 0 aliphatic rings. The minimum absolute atomic E-state index is 0. The first-order chi connectivity index (χ1) is 15.0. The maximum absolute atomic E-state index is 12.0. The zero-order valence-corrected chi connectivity index (χ0v) is 24.3. The van der Waals surface area contributed by atoms with Crippen LogP contribution in [0, 0.1) is 0 Å². The Hall–Kier alpha value is 0.130. The molecule has 0 atom stereocenters. The van der Waals surface area contributed by atoms with Gasteiger partial charge in [-0.05, 0) is 61.3 Å². The van der Waals surface area contributed by atoms with Gasteiger partial charge in [-0.3, -0.25) is 0 Å². The van der Waals surface area contributed by atoms with Crippen molar-refractivity contribution in [3.8, 4) is 0 Å². The van der Waals surface area contributed by atoms with Crippen molar-refractivity contribution in [3.05, 3.63) is 28.8 Å². The molecule has 1 rings (SSSR count). The summed E-state index contributed by atoms with van der Waals surface area (Å²) in [5.74, 6) is 0. The normalized spacial score (nSPS) is 11.5. The molecule has 32 heavy (non-hydrogen) atoms. The Morgan fingerprint density at radius 3 is 1.44 bits per heavy atom. The molecule has 5 heteroatoms. The summed E-state index contributed by atoms with van der Waals surface area (Å²) in [5.41, 5.74) is 3.30. The van der Waals surface area contributed by atoms with Crippen LogP contribution in [0.2, 0.25) is 0 Å². The predicted molar refractivity (Wildman–Crippen MR) is 132 cm³/mol. The molecule has 0 heterocycles. The minimum atomic E-state index is -4.44. The van der Waals surface area contributed by atoms with Gasteiger partial charge >= 0.3 is 29.6 Å². The number of aryl methyl sites for hydroxylation is 1. The average molecular weight is 475 g/mol. The second-order valence-corrected chi connectivity index (χ2v) is 10.5. The van der Waals surface area contributed by atoms with Gasteiger partial charge in [0.1, 0.15) is 10.1 Å². The maximum Gasteiger partial charge on any atom is 1.00 e. The van der Waals surface area contributed by atoms with Crippen LogP contribution in [-0.4, -0.2) is 13.0 Å². The quantitative estimate of drug-likeness (QED) is 0.159. The Morgan fingerprint density at radius 1 is 0.594 bits per heavy atom. The van der Waals surface area contributed by atoms with Gasteiger partial charge in [-0.1, -0.05) is 104 Å². The maximum atomic E-state index is 12.0. The molecule has 1 aromatic rings. The van der Waals surface area contributed by atoms with Crippen LogP contribution in [-0.2, 0) is 29.4 Å². The summed E-state index contributed by atoms with van der Waals surface area (Å²) in [6.45, 7) is 6.64. The first-order valence-electron chi connectivity index (χ1n) is 13.0. The van der Waals surface area contributed by atoms with Gasteiger partial charge in [0.05, 0.1) is 4.90 Å². The Bertz CT molecular complexity index is 701. The third-order valence-corrected chi connectivity index (χ3v) is 7.29. The van der Waals surface area contributed by atoms with E-state index in [0.29, 0.717) is 6.42 Å². The molecule has 0 bridgehead atoms. The molecule has 0 saturated carbocycles. The van der Waals surface area contributed by atoms with Gasteiger partial charge in [-0.2, -0.15) is 0 Å². The smallest absolute Gasteiger partial charge is 0.744 e. The largest absolute Gasteiger partial charge is 1.00 e. The van der Waals surface area contributed by atoms with Gasteiger partial charge in [0.25, 0.3) is 0 Å². The summed E-state index contributed by atoms with van der Waals surface area (Å²) in [4.78, 5) is 0.0429. The predicted octanol–water partition coefficient (Wildman–Crippen LogP) is 5.13. The SMILES string of the molecule is CCCCCCCc1ccc(S(=O)(=O)[O-])c(CCCCCCC)c1CCCCCCC.[Na+]. The molecule has 0 unspecified atom stereocenters. The van der Waals surface area contributed by atoms with Crippen molar-refractivity contribution in [1.82, 2.24) is 0 Å². The summed E-state index contributed by atoms with van der Waals surface area (Å²) in [6.07, 6.45) is 20.4. The first kappa shape index (κ1) is 32.1. The van der Waals surface area contributed by atoms with Crippen molar-refractivity contribution in [2.75, 3.05) is 0 Å². The number of unbranched alkanes of at least 4 members (excludes halogenated alkanes) is 12. The van der Waals surface area contributed by atoms with E-state index in [2.05, 4.69) is 20.8 Å². The average Bonchev–Trinajstić information content (AvgIpc) is 2.73. The van der Waals surface area contributed by atoms with E-state index >= 15 is 0 Å². The van der Waals surface area contributed by atoms with Crippen LogP contribution >= 0.6 is 0 Å². The fourth-order valence-electron chi connectivity index (χ4n) is 4.50. The number of benzene rings is 1. The van der Waals surface area contributed by atoms with Gasteiger partial charge < -0.3 is 4.55 Å². The van der Waals surface area contributed by atoms with Crippen molar-refractivity contribution in [1.29, 1.82) is 0 Å². The molecule has 3 nitrogen and oxygen atoms in total. The Kier molecular flexibility index (Phi) is 19.5. The van der Waals surface area contributed by atoms with E-state index in [1.807, 2.05) is 6.07 Å². The Balaban J connectivity index is 0.00000961.